The molecule has 2 atom stereocenters. The van der Waals surface area contributed by atoms with Crippen LogP contribution in [-0.2, 0) is 10.8 Å². The number of rotatable bonds is 0. The van der Waals surface area contributed by atoms with Crippen molar-refractivity contribution in [3.63, 3.8) is 0 Å². The van der Waals surface area contributed by atoms with Gasteiger partial charge in [-0.15, -0.1) is 0 Å². The number of aliphatic hydroxyl groups excluding tert-OH is 1. The van der Waals surface area contributed by atoms with Crippen LogP contribution in [0.1, 0.15) is 23.4 Å². The third-order valence-electron chi connectivity index (χ3n) is 2.08. The molecule has 1 N–H and O–H groups in total. The first kappa shape index (κ1) is 8.44. The Labute approximate surface area is 78.6 Å². The second-order valence-electron chi connectivity index (χ2n) is 2.91. The summed E-state index contributed by atoms with van der Waals surface area (Å²) in [5, 5.41) is 10.7. The molecule has 0 spiro atoms. The van der Waals surface area contributed by atoms with Crippen LogP contribution in [0.25, 0.3) is 5.76 Å². The molecule has 4 heteroatoms. The van der Waals surface area contributed by atoms with E-state index >= 15 is 0 Å². The SMILES string of the molecule is CC1c2ncccc2C(O)=CS1=O. The molecular weight excluding hydrogens is 186 g/mol. The van der Waals surface area contributed by atoms with E-state index in [4.69, 9.17) is 0 Å². The molecule has 0 aliphatic carbocycles. The lowest BCUT2D eigenvalue weighted by Gasteiger charge is -2.17. The Hall–Kier alpha value is -1.16. The molecule has 0 saturated carbocycles. The summed E-state index contributed by atoms with van der Waals surface area (Å²) in [4.78, 5) is 4.11. The van der Waals surface area contributed by atoms with Crippen molar-refractivity contribution in [3.05, 3.63) is 35.0 Å². The van der Waals surface area contributed by atoms with E-state index in [1.165, 1.54) is 5.41 Å². The third kappa shape index (κ3) is 1.27. The van der Waals surface area contributed by atoms with Crippen LogP contribution in [0.5, 0.6) is 0 Å². The maximum Gasteiger partial charge on any atom is 0.133 e. The predicted molar refractivity (Wildman–Crippen MR) is 51.4 cm³/mol. The first-order valence-electron chi connectivity index (χ1n) is 3.95. The smallest absolute Gasteiger partial charge is 0.133 e. The van der Waals surface area contributed by atoms with Gasteiger partial charge in [-0.2, -0.15) is 0 Å². The van der Waals surface area contributed by atoms with Crippen LogP contribution >= 0.6 is 0 Å². The van der Waals surface area contributed by atoms with Crippen molar-refractivity contribution in [2.24, 2.45) is 0 Å². The molecule has 3 nitrogen and oxygen atoms in total. The highest BCUT2D eigenvalue weighted by molar-refractivity contribution is 7.88. The lowest BCUT2D eigenvalue weighted by molar-refractivity contribution is 0.509. The normalized spacial score (nSPS) is 26.4. The second kappa shape index (κ2) is 2.96. The number of aliphatic hydroxyl groups is 1. The standard InChI is InChI=1S/C9H9NO2S/c1-6-9-7(3-2-4-10-9)8(11)5-13(6)12/h2-6,11H,1H3. The number of aromatic nitrogens is 1. The molecule has 13 heavy (non-hydrogen) atoms. The molecule has 2 heterocycles. The van der Waals surface area contributed by atoms with Gasteiger partial charge in [-0.1, -0.05) is 0 Å². The van der Waals surface area contributed by atoms with Crippen molar-refractivity contribution >= 4 is 16.6 Å². The summed E-state index contributed by atoms with van der Waals surface area (Å²) in [6, 6.07) is 3.53. The van der Waals surface area contributed by atoms with Crippen LogP contribution in [0.15, 0.2) is 23.7 Å². The first-order chi connectivity index (χ1) is 6.20. The number of hydrogen-bond acceptors (Lipinski definition) is 3. The van der Waals surface area contributed by atoms with Gasteiger partial charge in [-0.25, -0.2) is 0 Å². The van der Waals surface area contributed by atoms with E-state index in [9.17, 15) is 9.32 Å². The zero-order valence-corrected chi connectivity index (χ0v) is 7.91. The van der Waals surface area contributed by atoms with Crippen molar-refractivity contribution in [1.29, 1.82) is 0 Å². The van der Waals surface area contributed by atoms with Gasteiger partial charge in [-0.3, -0.25) is 9.19 Å². The van der Waals surface area contributed by atoms with Crippen molar-refractivity contribution < 1.29 is 9.32 Å². The van der Waals surface area contributed by atoms with E-state index in [0.29, 0.717) is 11.3 Å². The van der Waals surface area contributed by atoms with Gasteiger partial charge in [0.1, 0.15) is 5.76 Å². The van der Waals surface area contributed by atoms with E-state index in [1.54, 1.807) is 18.3 Å². The number of hydrogen-bond donors (Lipinski definition) is 1. The zero-order valence-electron chi connectivity index (χ0n) is 7.10. The molecule has 1 aliphatic rings. The Bertz CT molecular complexity index is 400. The lowest BCUT2D eigenvalue weighted by Crippen LogP contribution is -2.11. The van der Waals surface area contributed by atoms with Crippen molar-refractivity contribution in [3.8, 4) is 0 Å². The van der Waals surface area contributed by atoms with Gasteiger partial charge in [0.05, 0.1) is 21.7 Å². The van der Waals surface area contributed by atoms with E-state index < -0.39 is 10.8 Å². The second-order valence-corrected chi connectivity index (χ2v) is 4.51. The van der Waals surface area contributed by atoms with Gasteiger partial charge in [0.2, 0.25) is 0 Å². The molecule has 0 saturated heterocycles. The third-order valence-corrected chi connectivity index (χ3v) is 3.45. The van der Waals surface area contributed by atoms with Gasteiger partial charge in [-0.05, 0) is 19.1 Å². The summed E-state index contributed by atoms with van der Waals surface area (Å²) < 4.78 is 11.4. The molecule has 2 rings (SSSR count). The van der Waals surface area contributed by atoms with Crippen molar-refractivity contribution in [2.45, 2.75) is 12.2 Å². The fraction of sp³-hybridized carbons (Fsp3) is 0.222. The minimum atomic E-state index is -1.15. The quantitative estimate of drug-likeness (QED) is 0.686. The molecule has 0 fully saturated rings. The lowest BCUT2D eigenvalue weighted by atomic mass is 10.1. The van der Waals surface area contributed by atoms with Crippen LogP contribution in [0.4, 0.5) is 0 Å². The molecular formula is C9H9NO2S. The monoisotopic (exact) mass is 195 g/mol. The summed E-state index contributed by atoms with van der Waals surface area (Å²) in [6.07, 6.45) is 1.64. The zero-order chi connectivity index (χ0) is 9.42. The van der Waals surface area contributed by atoms with Crippen LogP contribution in [0, 0.1) is 0 Å². The van der Waals surface area contributed by atoms with Gasteiger partial charge >= 0.3 is 0 Å². The van der Waals surface area contributed by atoms with Crippen LogP contribution in [0.2, 0.25) is 0 Å². The average Bonchev–Trinajstić information content (AvgIpc) is 2.15. The maximum atomic E-state index is 11.4. The van der Waals surface area contributed by atoms with E-state index in [-0.39, 0.29) is 11.0 Å². The Morgan fingerprint density at radius 3 is 3.15 bits per heavy atom. The maximum absolute atomic E-state index is 11.4. The van der Waals surface area contributed by atoms with Crippen LogP contribution in [0.3, 0.4) is 0 Å². The van der Waals surface area contributed by atoms with Crippen LogP contribution in [-0.4, -0.2) is 14.3 Å². The van der Waals surface area contributed by atoms with Crippen LogP contribution < -0.4 is 0 Å². The summed E-state index contributed by atoms with van der Waals surface area (Å²) in [6.45, 7) is 1.84. The van der Waals surface area contributed by atoms with E-state index in [1.807, 2.05) is 6.92 Å². The first-order valence-corrected chi connectivity index (χ1v) is 5.23. The summed E-state index contributed by atoms with van der Waals surface area (Å²) in [7, 11) is -1.15. The molecule has 1 aromatic heterocycles. The topological polar surface area (TPSA) is 50.2 Å². The van der Waals surface area contributed by atoms with Gasteiger partial charge in [0.15, 0.2) is 0 Å². The number of fused-ring (bicyclic) bond motifs is 1. The minimum Gasteiger partial charge on any atom is -0.507 e. The van der Waals surface area contributed by atoms with Gasteiger partial charge < -0.3 is 5.11 Å². The molecule has 1 aliphatic heterocycles. The molecule has 68 valence electrons. The molecule has 1 aromatic rings. The fourth-order valence-corrected chi connectivity index (χ4v) is 2.30. The van der Waals surface area contributed by atoms with Gasteiger partial charge in [0.25, 0.3) is 0 Å². The molecule has 2 unspecified atom stereocenters. The Morgan fingerprint density at radius 2 is 2.38 bits per heavy atom. The highest BCUT2D eigenvalue weighted by Crippen LogP contribution is 2.31. The fourth-order valence-electron chi connectivity index (χ4n) is 1.34. The summed E-state index contributed by atoms with van der Waals surface area (Å²) in [5.41, 5.74) is 1.40. The highest BCUT2D eigenvalue weighted by Gasteiger charge is 2.24. The number of nitrogens with zero attached hydrogens (tertiary/aromatic N) is 1. The average molecular weight is 195 g/mol. The minimum absolute atomic E-state index is 0.0690. The highest BCUT2D eigenvalue weighted by atomic mass is 32.2. The Balaban J connectivity index is 2.65. The molecule has 0 bridgehead atoms. The predicted octanol–water partition coefficient (Wildman–Crippen LogP) is 1.76. The van der Waals surface area contributed by atoms with Crippen molar-refractivity contribution in [1.82, 2.24) is 4.98 Å². The molecule has 0 aromatic carbocycles. The van der Waals surface area contributed by atoms with Gasteiger partial charge in [0, 0.05) is 17.2 Å². The Morgan fingerprint density at radius 1 is 1.62 bits per heavy atom. The van der Waals surface area contributed by atoms with E-state index in [2.05, 4.69) is 4.98 Å². The Kier molecular flexibility index (Phi) is 1.92. The molecule has 0 radical (unpaired) electrons. The molecule has 0 amide bonds. The van der Waals surface area contributed by atoms with Crippen molar-refractivity contribution in [2.75, 3.05) is 0 Å². The summed E-state index contributed by atoms with van der Waals surface area (Å²) >= 11 is 0. The summed E-state index contributed by atoms with van der Waals surface area (Å²) in [5.74, 6) is 0.0690. The number of pyridine rings is 1. The largest absolute Gasteiger partial charge is 0.507 e. The van der Waals surface area contributed by atoms with E-state index in [0.717, 1.165) is 0 Å².